The van der Waals surface area contributed by atoms with Crippen LogP contribution in [0.25, 0.3) is 111 Å². The molecule has 0 bridgehead atoms. The average Bonchev–Trinajstić information content (AvgIpc) is 4.02. The minimum atomic E-state index is -4.52. The second-order valence-electron chi connectivity index (χ2n) is 14.4. The third-order valence-corrected chi connectivity index (χ3v) is 11.2. The molecule has 284 valence electrons. The number of benzene rings is 7. The first-order valence-corrected chi connectivity index (χ1v) is 18.8. The van der Waals surface area contributed by atoms with Crippen LogP contribution < -0.4 is 4.98 Å². The number of rotatable bonds is 4. The molecular weight excluding hydrogens is 927 g/mol. The fourth-order valence-electron chi connectivity index (χ4n) is 8.61. The average molecular weight is 953 g/mol. The van der Waals surface area contributed by atoms with Gasteiger partial charge < -0.3 is 14.0 Å². The van der Waals surface area contributed by atoms with Crippen molar-refractivity contribution in [1.29, 1.82) is 0 Å². The maximum Gasteiger partial charge on any atom is 2.00 e. The summed E-state index contributed by atoms with van der Waals surface area (Å²) in [5.74, 6) is 1.19. The van der Waals surface area contributed by atoms with Gasteiger partial charge in [0.05, 0.1) is 16.6 Å². The molecule has 59 heavy (non-hydrogen) atoms. The number of pyridine rings is 1. The molecule has 0 aliphatic rings. The van der Waals surface area contributed by atoms with Crippen molar-refractivity contribution in [2.45, 2.75) is 6.18 Å². The summed E-state index contributed by atoms with van der Waals surface area (Å²) in [5.41, 5.74) is 8.35. The van der Waals surface area contributed by atoms with E-state index in [0.29, 0.717) is 38.8 Å². The molecule has 0 aliphatic carbocycles. The Kier molecular flexibility index (Phi) is 7.78. The van der Waals surface area contributed by atoms with Crippen molar-refractivity contribution < 1.29 is 38.7 Å². The van der Waals surface area contributed by atoms with Crippen molar-refractivity contribution in [3.8, 4) is 34.0 Å². The van der Waals surface area contributed by atoms with E-state index >= 15 is 0 Å². The Bertz CT molecular complexity index is 3630. The van der Waals surface area contributed by atoms with E-state index in [0.717, 1.165) is 77.9 Å². The maximum atomic E-state index is 14.2. The Morgan fingerprint density at radius 3 is 2.24 bits per heavy atom. The predicted octanol–water partition coefficient (Wildman–Crippen LogP) is 12.8. The molecule has 0 aliphatic heterocycles. The zero-order valence-electron chi connectivity index (χ0n) is 30.6. The summed E-state index contributed by atoms with van der Waals surface area (Å²) in [6, 6.07) is 51.4. The van der Waals surface area contributed by atoms with E-state index < -0.39 is 11.7 Å². The molecular formula is C49H26F3N5OPt. The Labute approximate surface area is 347 Å². The molecule has 12 rings (SSSR count). The SMILES string of the molecule is FC(F)(F)c1ccc2c(c1)c1ccc(-c3cccc4c3nc(-c3cccc5c3[n-]c3ccccc35)n4-c3ccccc3)[c-]c1n2-c1nccc2c1oc1ccccc12.[Pt+2]. The van der Waals surface area contributed by atoms with Crippen LogP contribution in [0.3, 0.4) is 0 Å². The minimum Gasteiger partial charge on any atom is -0.656 e. The van der Waals surface area contributed by atoms with Crippen molar-refractivity contribution >= 4 is 76.6 Å². The molecule has 0 fully saturated rings. The van der Waals surface area contributed by atoms with Crippen molar-refractivity contribution in [3.05, 3.63) is 169 Å². The van der Waals surface area contributed by atoms with E-state index in [2.05, 4.69) is 47.0 Å². The smallest absolute Gasteiger partial charge is 0.656 e. The van der Waals surface area contributed by atoms with Gasteiger partial charge >= 0.3 is 27.2 Å². The van der Waals surface area contributed by atoms with Crippen molar-refractivity contribution in [2.75, 3.05) is 0 Å². The number of fused-ring (bicyclic) bond motifs is 10. The van der Waals surface area contributed by atoms with Crippen LogP contribution in [0.15, 0.2) is 162 Å². The quantitative estimate of drug-likeness (QED) is 0.165. The monoisotopic (exact) mass is 952 g/mol. The summed E-state index contributed by atoms with van der Waals surface area (Å²) in [6.07, 6.45) is -2.82. The van der Waals surface area contributed by atoms with Gasteiger partial charge in [-0.25, -0.2) is 9.97 Å². The third-order valence-electron chi connectivity index (χ3n) is 11.2. The fourth-order valence-corrected chi connectivity index (χ4v) is 8.61. The molecule has 6 nitrogen and oxygen atoms in total. The molecule has 0 saturated heterocycles. The molecule has 0 saturated carbocycles. The first-order chi connectivity index (χ1) is 28.4. The van der Waals surface area contributed by atoms with E-state index in [4.69, 9.17) is 19.4 Å². The van der Waals surface area contributed by atoms with Crippen LogP contribution in [0.1, 0.15) is 5.56 Å². The van der Waals surface area contributed by atoms with Crippen LogP contribution in [0.4, 0.5) is 13.2 Å². The zero-order valence-corrected chi connectivity index (χ0v) is 32.9. The molecule has 5 aromatic heterocycles. The number of halogens is 3. The Balaban J connectivity index is 0.00000397. The Morgan fingerprint density at radius 1 is 0.610 bits per heavy atom. The molecule has 5 heterocycles. The molecule has 0 unspecified atom stereocenters. The van der Waals surface area contributed by atoms with E-state index in [9.17, 15) is 13.2 Å². The van der Waals surface area contributed by atoms with Gasteiger partial charge in [-0.1, -0.05) is 102 Å². The predicted molar refractivity (Wildman–Crippen MR) is 224 cm³/mol. The molecule has 0 N–H and O–H groups in total. The summed E-state index contributed by atoms with van der Waals surface area (Å²) in [5, 5.41) is 4.93. The van der Waals surface area contributed by atoms with Crippen LogP contribution in [0, 0.1) is 6.07 Å². The molecule has 0 radical (unpaired) electrons. The summed E-state index contributed by atoms with van der Waals surface area (Å²) in [6.45, 7) is 0. The standard InChI is InChI=1S/C49H26F3N5O.Pt/c50-49(51,52)29-21-23-40-38(27-29)33-22-20-28(26-42(33)57(40)48-46-36(24-25-53-48)34-13-5-7-19-43(34)58-46)31-14-9-18-41-45(31)55-47(56(41)30-10-2-1-3-11-30)37-16-8-15-35-32-12-4-6-17-39(32)54-44(35)37;/h1-25,27H;/q-2;+2. The second kappa shape index (κ2) is 13.0. The largest absolute Gasteiger partial charge is 2.00 e. The van der Waals surface area contributed by atoms with Crippen LogP contribution >= 0.6 is 0 Å². The van der Waals surface area contributed by atoms with Crippen LogP contribution in [-0.2, 0) is 27.2 Å². The van der Waals surface area contributed by atoms with Crippen LogP contribution in [-0.4, -0.2) is 19.1 Å². The van der Waals surface area contributed by atoms with E-state index in [-0.39, 0.29) is 21.1 Å². The maximum absolute atomic E-state index is 14.2. The third kappa shape index (κ3) is 5.24. The number of para-hydroxylation sites is 5. The summed E-state index contributed by atoms with van der Waals surface area (Å²) in [4.78, 5) is 15.3. The second-order valence-corrected chi connectivity index (χ2v) is 14.4. The van der Waals surface area contributed by atoms with Gasteiger partial charge in [-0.3, -0.25) is 4.57 Å². The minimum absolute atomic E-state index is 0. The number of furan rings is 1. The van der Waals surface area contributed by atoms with Gasteiger partial charge in [0.25, 0.3) is 0 Å². The van der Waals surface area contributed by atoms with Crippen LogP contribution in [0.5, 0.6) is 0 Å². The molecule has 0 atom stereocenters. The summed E-state index contributed by atoms with van der Waals surface area (Å²) in [7, 11) is 0. The molecule has 0 spiro atoms. The number of hydrogen-bond acceptors (Lipinski definition) is 3. The van der Waals surface area contributed by atoms with Gasteiger partial charge in [0.2, 0.25) is 0 Å². The number of alkyl halides is 3. The molecule has 0 amide bonds. The van der Waals surface area contributed by atoms with E-state index in [1.807, 2.05) is 102 Å². The normalized spacial score (nSPS) is 12.2. The van der Waals surface area contributed by atoms with Gasteiger partial charge in [0, 0.05) is 33.7 Å². The molecule has 10 heteroatoms. The first kappa shape index (κ1) is 35.2. The molecule has 12 aromatic rings. The van der Waals surface area contributed by atoms with Gasteiger partial charge in [-0.2, -0.15) is 13.2 Å². The number of imidazole rings is 1. The van der Waals surface area contributed by atoms with Crippen molar-refractivity contribution in [1.82, 2.24) is 24.1 Å². The van der Waals surface area contributed by atoms with Crippen molar-refractivity contribution in [3.63, 3.8) is 0 Å². The number of nitrogens with zero attached hydrogens (tertiary/aromatic N) is 5. The first-order valence-electron chi connectivity index (χ1n) is 18.8. The van der Waals surface area contributed by atoms with Crippen molar-refractivity contribution in [2.24, 2.45) is 0 Å². The Hall–Kier alpha value is -6.96. The van der Waals surface area contributed by atoms with Crippen LogP contribution in [0.2, 0.25) is 0 Å². The topological polar surface area (TPSA) is 62.9 Å². The number of hydrogen-bond donors (Lipinski definition) is 0. The van der Waals surface area contributed by atoms with E-state index in [1.165, 1.54) is 12.1 Å². The fraction of sp³-hybridized carbons (Fsp3) is 0.0204. The Morgan fingerprint density at radius 2 is 1.37 bits per heavy atom. The van der Waals surface area contributed by atoms with Gasteiger partial charge in [0.15, 0.2) is 11.4 Å². The summed E-state index contributed by atoms with van der Waals surface area (Å²) < 4.78 is 52.9. The van der Waals surface area contributed by atoms with Gasteiger partial charge in [-0.05, 0) is 70.2 Å². The number of aromatic nitrogens is 5. The van der Waals surface area contributed by atoms with E-state index in [1.54, 1.807) is 6.20 Å². The zero-order chi connectivity index (χ0) is 38.7. The molecule has 7 aromatic carbocycles. The van der Waals surface area contributed by atoms with Gasteiger partial charge in [-0.15, -0.1) is 34.8 Å². The summed E-state index contributed by atoms with van der Waals surface area (Å²) >= 11 is 0. The van der Waals surface area contributed by atoms with Gasteiger partial charge in [0.1, 0.15) is 11.4 Å².